The van der Waals surface area contributed by atoms with E-state index in [2.05, 4.69) is 10.3 Å². The van der Waals surface area contributed by atoms with E-state index in [0.717, 1.165) is 5.56 Å². The van der Waals surface area contributed by atoms with Crippen molar-refractivity contribution in [3.8, 4) is 5.75 Å². The lowest BCUT2D eigenvalue weighted by molar-refractivity contribution is 0.278. The molecule has 2 rings (SSSR count). The van der Waals surface area contributed by atoms with Crippen LogP contribution in [0, 0.1) is 6.92 Å². The molecule has 1 heterocycles. The van der Waals surface area contributed by atoms with Gasteiger partial charge in [0, 0.05) is 34.9 Å². The van der Waals surface area contributed by atoms with Crippen molar-refractivity contribution in [1.82, 2.24) is 10.3 Å². The Kier molecular flexibility index (Phi) is 5.17. The predicted molar refractivity (Wildman–Crippen MR) is 83.3 cm³/mol. The maximum Gasteiger partial charge on any atom is 0.141 e. The van der Waals surface area contributed by atoms with Crippen LogP contribution < -0.4 is 5.32 Å². The number of aromatic hydroxyl groups is 1. The lowest BCUT2D eigenvalue weighted by Crippen LogP contribution is -2.19. The molecule has 0 aliphatic heterocycles. The second-order valence-corrected chi connectivity index (χ2v) is 5.39. The van der Waals surface area contributed by atoms with Gasteiger partial charge in [-0.1, -0.05) is 29.8 Å². The van der Waals surface area contributed by atoms with Crippen molar-refractivity contribution in [2.75, 3.05) is 0 Å². The van der Waals surface area contributed by atoms with Gasteiger partial charge in [0.25, 0.3) is 0 Å². The van der Waals surface area contributed by atoms with Gasteiger partial charge in [-0.2, -0.15) is 0 Å². The molecule has 0 spiro atoms. The highest BCUT2D eigenvalue weighted by atomic mass is 35.5. The zero-order valence-corrected chi connectivity index (χ0v) is 12.9. The van der Waals surface area contributed by atoms with Crippen molar-refractivity contribution in [2.45, 2.75) is 33.0 Å². The average Bonchev–Trinajstić information content (AvgIpc) is 2.49. The van der Waals surface area contributed by atoms with Gasteiger partial charge in [0.2, 0.25) is 0 Å². The van der Waals surface area contributed by atoms with Gasteiger partial charge in [-0.25, -0.2) is 0 Å². The van der Waals surface area contributed by atoms with E-state index in [1.165, 1.54) is 0 Å². The monoisotopic (exact) mass is 306 g/mol. The van der Waals surface area contributed by atoms with Gasteiger partial charge in [-0.05, 0) is 25.5 Å². The Morgan fingerprint density at radius 3 is 2.71 bits per heavy atom. The first-order valence-corrected chi connectivity index (χ1v) is 7.17. The first kappa shape index (κ1) is 15.8. The SMILES string of the molecule is Cc1ncc(CO)c(CNC(C)c2ccccc2Cl)c1O. The number of aliphatic hydroxyl groups is 1. The number of hydrogen-bond acceptors (Lipinski definition) is 4. The highest BCUT2D eigenvalue weighted by Crippen LogP contribution is 2.26. The first-order valence-electron chi connectivity index (χ1n) is 6.79. The van der Waals surface area contributed by atoms with Crippen LogP contribution in [0.4, 0.5) is 0 Å². The van der Waals surface area contributed by atoms with E-state index in [-0.39, 0.29) is 18.4 Å². The van der Waals surface area contributed by atoms with Crippen LogP contribution in [0.15, 0.2) is 30.5 Å². The van der Waals surface area contributed by atoms with E-state index in [9.17, 15) is 10.2 Å². The summed E-state index contributed by atoms with van der Waals surface area (Å²) in [6.07, 6.45) is 1.59. The normalized spacial score (nSPS) is 12.4. The third-order valence-corrected chi connectivity index (χ3v) is 3.90. The molecule has 1 atom stereocenters. The van der Waals surface area contributed by atoms with Crippen LogP contribution in [-0.2, 0) is 13.2 Å². The summed E-state index contributed by atoms with van der Waals surface area (Å²) in [5.74, 6) is 0.125. The standard InChI is InChI=1S/C16H19ClN2O2/c1-10(13-5-3-4-6-15(13)17)19-8-14-12(9-20)7-18-11(2)16(14)21/h3-7,10,19-21H,8-9H2,1-2H3. The summed E-state index contributed by atoms with van der Waals surface area (Å²) in [4.78, 5) is 4.05. The van der Waals surface area contributed by atoms with E-state index in [1.807, 2.05) is 31.2 Å². The fourth-order valence-electron chi connectivity index (χ4n) is 2.21. The Labute approximate surface area is 129 Å². The molecule has 2 aromatic rings. The molecule has 0 aliphatic rings. The molecule has 21 heavy (non-hydrogen) atoms. The van der Waals surface area contributed by atoms with Crippen LogP contribution in [0.2, 0.25) is 5.02 Å². The summed E-state index contributed by atoms with van der Waals surface area (Å²) in [6.45, 7) is 4.01. The Hall–Kier alpha value is -1.62. The van der Waals surface area contributed by atoms with Crippen molar-refractivity contribution in [3.05, 3.63) is 57.9 Å². The summed E-state index contributed by atoms with van der Waals surface area (Å²) in [5, 5.41) is 23.5. The summed E-state index contributed by atoms with van der Waals surface area (Å²) in [7, 11) is 0. The van der Waals surface area contributed by atoms with Gasteiger partial charge in [-0.15, -0.1) is 0 Å². The van der Waals surface area contributed by atoms with E-state index in [0.29, 0.717) is 28.4 Å². The zero-order chi connectivity index (χ0) is 15.4. The molecule has 0 saturated heterocycles. The second kappa shape index (κ2) is 6.89. The van der Waals surface area contributed by atoms with Gasteiger partial charge >= 0.3 is 0 Å². The molecule has 0 saturated carbocycles. The number of halogens is 1. The van der Waals surface area contributed by atoms with Crippen LogP contribution in [0.3, 0.4) is 0 Å². The molecule has 0 radical (unpaired) electrons. The Morgan fingerprint density at radius 1 is 1.33 bits per heavy atom. The van der Waals surface area contributed by atoms with Gasteiger partial charge in [-0.3, -0.25) is 4.98 Å². The van der Waals surface area contributed by atoms with E-state index < -0.39 is 0 Å². The van der Waals surface area contributed by atoms with Crippen LogP contribution in [-0.4, -0.2) is 15.2 Å². The van der Waals surface area contributed by atoms with Crippen molar-refractivity contribution < 1.29 is 10.2 Å². The molecule has 1 aromatic heterocycles. The molecular weight excluding hydrogens is 288 g/mol. The third-order valence-electron chi connectivity index (χ3n) is 3.56. The number of benzene rings is 1. The number of aromatic nitrogens is 1. The van der Waals surface area contributed by atoms with E-state index in [1.54, 1.807) is 13.1 Å². The Morgan fingerprint density at radius 2 is 2.05 bits per heavy atom. The molecule has 0 aliphatic carbocycles. The zero-order valence-electron chi connectivity index (χ0n) is 12.1. The van der Waals surface area contributed by atoms with Gasteiger partial charge < -0.3 is 15.5 Å². The minimum absolute atomic E-state index is 0.0260. The van der Waals surface area contributed by atoms with E-state index >= 15 is 0 Å². The van der Waals surface area contributed by atoms with Crippen molar-refractivity contribution in [2.24, 2.45) is 0 Å². The van der Waals surface area contributed by atoms with Crippen LogP contribution in [0.1, 0.15) is 35.3 Å². The third kappa shape index (κ3) is 3.53. The number of aliphatic hydroxyl groups excluding tert-OH is 1. The van der Waals surface area contributed by atoms with Crippen LogP contribution in [0.25, 0.3) is 0 Å². The second-order valence-electron chi connectivity index (χ2n) is 4.98. The average molecular weight is 307 g/mol. The molecule has 0 bridgehead atoms. The topological polar surface area (TPSA) is 65.4 Å². The molecule has 5 heteroatoms. The number of pyridine rings is 1. The Balaban J connectivity index is 2.17. The van der Waals surface area contributed by atoms with Crippen LogP contribution in [0.5, 0.6) is 5.75 Å². The number of nitrogens with zero attached hydrogens (tertiary/aromatic N) is 1. The summed E-state index contributed by atoms with van der Waals surface area (Å²) in [6, 6.07) is 7.66. The fourth-order valence-corrected chi connectivity index (χ4v) is 2.51. The molecule has 1 unspecified atom stereocenters. The van der Waals surface area contributed by atoms with Crippen molar-refractivity contribution >= 4 is 11.6 Å². The number of hydrogen-bond donors (Lipinski definition) is 3. The summed E-state index contributed by atoms with van der Waals surface area (Å²) >= 11 is 6.18. The highest BCUT2D eigenvalue weighted by molar-refractivity contribution is 6.31. The van der Waals surface area contributed by atoms with Gasteiger partial charge in [0.15, 0.2) is 0 Å². The molecule has 3 N–H and O–H groups in total. The Bertz CT molecular complexity index is 632. The first-order chi connectivity index (χ1) is 10.0. The maximum absolute atomic E-state index is 10.1. The van der Waals surface area contributed by atoms with E-state index in [4.69, 9.17) is 11.6 Å². The number of nitrogens with one attached hydrogen (secondary N) is 1. The lowest BCUT2D eigenvalue weighted by atomic mass is 10.1. The fraction of sp³-hybridized carbons (Fsp3) is 0.312. The lowest BCUT2D eigenvalue weighted by Gasteiger charge is -2.18. The number of rotatable bonds is 5. The smallest absolute Gasteiger partial charge is 0.141 e. The molecule has 112 valence electrons. The summed E-state index contributed by atoms with van der Waals surface area (Å²) in [5.41, 5.74) is 2.84. The maximum atomic E-state index is 10.1. The molecular formula is C16H19ClN2O2. The number of aryl methyl sites for hydroxylation is 1. The summed E-state index contributed by atoms with van der Waals surface area (Å²) < 4.78 is 0. The molecule has 4 nitrogen and oxygen atoms in total. The molecule has 0 fully saturated rings. The quantitative estimate of drug-likeness (QED) is 0.794. The largest absolute Gasteiger partial charge is 0.506 e. The minimum Gasteiger partial charge on any atom is -0.506 e. The van der Waals surface area contributed by atoms with Crippen LogP contribution >= 0.6 is 11.6 Å². The minimum atomic E-state index is -0.154. The predicted octanol–water partition coefficient (Wildman–Crippen LogP) is 3.09. The molecule has 1 aromatic carbocycles. The van der Waals surface area contributed by atoms with Crippen molar-refractivity contribution in [3.63, 3.8) is 0 Å². The molecule has 0 amide bonds. The van der Waals surface area contributed by atoms with Gasteiger partial charge in [0.05, 0.1) is 12.3 Å². The van der Waals surface area contributed by atoms with Gasteiger partial charge in [0.1, 0.15) is 5.75 Å². The highest BCUT2D eigenvalue weighted by Gasteiger charge is 2.14. The van der Waals surface area contributed by atoms with Crippen molar-refractivity contribution in [1.29, 1.82) is 0 Å².